The lowest BCUT2D eigenvalue weighted by molar-refractivity contribution is 0.0998. The molecule has 10 heteroatoms. The van der Waals surface area contributed by atoms with Gasteiger partial charge in [-0.15, -0.1) is 6.42 Å². The van der Waals surface area contributed by atoms with Gasteiger partial charge in [-0.3, -0.25) is 9.52 Å². The van der Waals surface area contributed by atoms with Crippen LogP contribution in [0.25, 0.3) is 10.2 Å². The van der Waals surface area contributed by atoms with Gasteiger partial charge in [-0.05, 0) is 66.7 Å². The Kier molecular flexibility index (Phi) is 6.09. The van der Waals surface area contributed by atoms with Gasteiger partial charge in [0.1, 0.15) is 11.6 Å². The van der Waals surface area contributed by atoms with E-state index >= 15 is 0 Å². The summed E-state index contributed by atoms with van der Waals surface area (Å²) in [4.78, 5) is 17.0. The normalized spacial score (nSPS) is 12.0. The number of sulfonamides is 1. The lowest BCUT2D eigenvalue weighted by Gasteiger charge is -2.08. The van der Waals surface area contributed by atoms with Gasteiger partial charge in [0.25, 0.3) is 15.9 Å². The van der Waals surface area contributed by atoms with Crippen molar-refractivity contribution in [2.75, 3.05) is 4.72 Å². The molecular formula is C23H15F2N3O3S2. The maximum Gasteiger partial charge on any atom is 0.279 e. The lowest BCUT2D eigenvalue weighted by atomic mass is 10.2. The van der Waals surface area contributed by atoms with Crippen molar-refractivity contribution >= 4 is 43.2 Å². The third-order valence-electron chi connectivity index (χ3n) is 4.60. The van der Waals surface area contributed by atoms with Gasteiger partial charge in [0.15, 0.2) is 4.80 Å². The van der Waals surface area contributed by atoms with E-state index in [2.05, 4.69) is 15.6 Å². The Morgan fingerprint density at radius 3 is 2.36 bits per heavy atom. The third-order valence-corrected chi connectivity index (χ3v) is 7.04. The molecule has 6 nitrogen and oxygen atoms in total. The van der Waals surface area contributed by atoms with E-state index < -0.39 is 27.6 Å². The number of hydrogen-bond donors (Lipinski definition) is 1. The molecule has 0 aliphatic heterocycles. The fourth-order valence-electron chi connectivity index (χ4n) is 3.04. The number of carbonyl (C=O) groups excluding carboxylic acids is 1. The number of hydrogen-bond acceptors (Lipinski definition) is 4. The molecule has 0 bridgehead atoms. The molecule has 4 rings (SSSR count). The number of benzene rings is 3. The van der Waals surface area contributed by atoms with Crippen LogP contribution in [-0.4, -0.2) is 18.9 Å². The molecular weight excluding hydrogens is 468 g/mol. The van der Waals surface area contributed by atoms with E-state index in [1.54, 1.807) is 10.6 Å². The Bertz CT molecular complexity index is 1560. The molecule has 0 aliphatic rings. The molecule has 166 valence electrons. The van der Waals surface area contributed by atoms with Crippen molar-refractivity contribution in [2.24, 2.45) is 4.99 Å². The van der Waals surface area contributed by atoms with Crippen molar-refractivity contribution < 1.29 is 22.0 Å². The van der Waals surface area contributed by atoms with Crippen LogP contribution in [0.4, 0.5) is 14.5 Å². The number of anilines is 1. The first-order chi connectivity index (χ1) is 15.8. The van der Waals surface area contributed by atoms with Gasteiger partial charge in [0.2, 0.25) is 0 Å². The van der Waals surface area contributed by atoms with Gasteiger partial charge in [0.05, 0.1) is 21.7 Å². The predicted molar refractivity (Wildman–Crippen MR) is 122 cm³/mol. The maximum atomic E-state index is 13.6. The van der Waals surface area contributed by atoms with E-state index in [1.165, 1.54) is 36.4 Å². The first-order valence-corrected chi connectivity index (χ1v) is 11.8. The number of thiazole rings is 1. The number of aromatic nitrogens is 1. The minimum absolute atomic E-state index is 0.0988. The van der Waals surface area contributed by atoms with Gasteiger partial charge < -0.3 is 4.57 Å². The summed E-state index contributed by atoms with van der Waals surface area (Å²) < 4.78 is 56.1. The van der Waals surface area contributed by atoms with Crippen LogP contribution in [0.2, 0.25) is 0 Å². The summed E-state index contributed by atoms with van der Waals surface area (Å²) in [6.07, 6.45) is 5.43. The molecule has 0 spiro atoms. The largest absolute Gasteiger partial charge is 0.305 e. The number of amides is 1. The van der Waals surface area contributed by atoms with E-state index in [9.17, 15) is 22.0 Å². The summed E-state index contributed by atoms with van der Waals surface area (Å²) in [6.45, 7) is 0.155. The highest BCUT2D eigenvalue weighted by Gasteiger charge is 2.15. The first kappa shape index (κ1) is 22.4. The zero-order chi connectivity index (χ0) is 23.6. The van der Waals surface area contributed by atoms with Gasteiger partial charge >= 0.3 is 0 Å². The molecule has 1 N–H and O–H groups in total. The highest BCUT2D eigenvalue weighted by Crippen LogP contribution is 2.20. The van der Waals surface area contributed by atoms with Gasteiger partial charge in [-0.2, -0.15) is 4.99 Å². The summed E-state index contributed by atoms with van der Waals surface area (Å²) in [5, 5.41) is 0. The quantitative estimate of drug-likeness (QED) is 0.433. The van der Waals surface area contributed by atoms with Crippen LogP contribution in [-0.2, 0) is 16.6 Å². The van der Waals surface area contributed by atoms with Gasteiger partial charge in [-0.25, -0.2) is 17.2 Å². The molecule has 33 heavy (non-hydrogen) atoms. The monoisotopic (exact) mass is 483 g/mol. The van der Waals surface area contributed by atoms with Crippen LogP contribution in [0, 0.1) is 24.0 Å². The number of nitrogens with zero attached hydrogens (tertiary/aromatic N) is 2. The van der Waals surface area contributed by atoms with E-state index in [0.717, 1.165) is 35.6 Å². The van der Waals surface area contributed by atoms with Crippen molar-refractivity contribution in [3.05, 3.63) is 88.7 Å². The SMILES string of the molecule is C#CCn1c(=NC(=O)c2ccc(NS(=O)(=O)c3ccc(F)cc3)cc2)sc2cc(F)ccc21. The standard InChI is InChI=1S/C23H15F2N3O3S2/c1-2-13-28-20-12-7-17(25)14-21(20)32-23(28)26-22(29)15-3-8-18(9-4-15)27-33(30,31)19-10-5-16(24)6-11-19/h1,3-12,14,27H,13H2. The summed E-state index contributed by atoms with van der Waals surface area (Å²) in [6, 6.07) is 14.3. The van der Waals surface area contributed by atoms with Crippen molar-refractivity contribution in [2.45, 2.75) is 11.4 Å². The minimum Gasteiger partial charge on any atom is -0.305 e. The second-order valence-electron chi connectivity index (χ2n) is 6.84. The number of carbonyl (C=O) groups is 1. The number of rotatable bonds is 5. The van der Waals surface area contributed by atoms with Crippen molar-refractivity contribution in [1.82, 2.24) is 4.57 Å². The van der Waals surface area contributed by atoms with Crippen LogP contribution >= 0.6 is 11.3 Å². The Morgan fingerprint density at radius 1 is 1.03 bits per heavy atom. The highest BCUT2D eigenvalue weighted by atomic mass is 32.2. The van der Waals surface area contributed by atoms with Crippen LogP contribution in [0.1, 0.15) is 10.4 Å². The van der Waals surface area contributed by atoms with Crippen molar-refractivity contribution in [3.63, 3.8) is 0 Å². The number of terminal acetylenes is 1. The second-order valence-corrected chi connectivity index (χ2v) is 9.53. The molecule has 3 aromatic carbocycles. The molecule has 0 atom stereocenters. The summed E-state index contributed by atoms with van der Waals surface area (Å²) in [5.74, 6) is 0.969. The number of halogens is 2. The van der Waals surface area contributed by atoms with Crippen LogP contribution < -0.4 is 9.52 Å². The molecule has 1 aromatic heterocycles. The molecule has 0 radical (unpaired) electrons. The van der Waals surface area contributed by atoms with Gasteiger partial charge in [0, 0.05) is 11.3 Å². The zero-order valence-electron chi connectivity index (χ0n) is 16.8. The molecule has 0 saturated heterocycles. The van der Waals surface area contributed by atoms with Crippen LogP contribution in [0.15, 0.2) is 76.6 Å². The third kappa shape index (κ3) is 4.84. The average Bonchev–Trinajstić information content (AvgIpc) is 3.10. The molecule has 1 heterocycles. The summed E-state index contributed by atoms with van der Waals surface area (Å²) >= 11 is 1.13. The topological polar surface area (TPSA) is 80.5 Å². The number of fused-ring (bicyclic) bond motifs is 1. The summed E-state index contributed by atoms with van der Waals surface area (Å²) in [7, 11) is -3.92. The van der Waals surface area contributed by atoms with E-state index in [0.29, 0.717) is 15.0 Å². The predicted octanol–water partition coefficient (Wildman–Crippen LogP) is 4.16. The van der Waals surface area contributed by atoms with Crippen LogP contribution in [0.5, 0.6) is 0 Å². The fourth-order valence-corrected chi connectivity index (χ4v) is 5.15. The second kappa shape index (κ2) is 8.97. The van der Waals surface area contributed by atoms with E-state index in [4.69, 9.17) is 6.42 Å². The number of nitrogens with one attached hydrogen (secondary N) is 1. The molecule has 0 fully saturated rings. The van der Waals surface area contributed by atoms with Crippen molar-refractivity contribution in [3.8, 4) is 12.3 Å². The van der Waals surface area contributed by atoms with Crippen molar-refractivity contribution in [1.29, 1.82) is 0 Å². The molecule has 0 aliphatic carbocycles. The van der Waals surface area contributed by atoms with E-state index in [1.807, 2.05) is 0 Å². The minimum atomic E-state index is -3.92. The smallest absolute Gasteiger partial charge is 0.279 e. The lowest BCUT2D eigenvalue weighted by Crippen LogP contribution is -2.16. The average molecular weight is 484 g/mol. The maximum absolute atomic E-state index is 13.6. The summed E-state index contributed by atoms with van der Waals surface area (Å²) in [5.41, 5.74) is 1.10. The highest BCUT2D eigenvalue weighted by molar-refractivity contribution is 7.92. The fraction of sp³-hybridized carbons (Fsp3) is 0.0435. The van der Waals surface area contributed by atoms with E-state index in [-0.39, 0.29) is 22.7 Å². The van der Waals surface area contributed by atoms with Crippen LogP contribution in [0.3, 0.4) is 0 Å². The Labute approximate surface area is 191 Å². The Hall–Kier alpha value is -3.81. The zero-order valence-corrected chi connectivity index (χ0v) is 18.5. The molecule has 0 unspecified atom stereocenters. The first-order valence-electron chi connectivity index (χ1n) is 9.47. The Balaban J connectivity index is 1.60. The molecule has 0 saturated carbocycles. The van der Waals surface area contributed by atoms with Gasteiger partial charge in [-0.1, -0.05) is 17.3 Å². The Morgan fingerprint density at radius 2 is 1.70 bits per heavy atom. The molecule has 1 amide bonds. The molecule has 4 aromatic rings.